The third-order valence-electron chi connectivity index (χ3n) is 16.5. The minimum atomic E-state index is -1.17. The Morgan fingerprint density at radius 1 is 0.556 bits per heavy atom. The Hall–Kier alpha value is -4.30. The van der Waals surface area contributed by atoms with Crippen molar-refractivity contribution in [2.45, 2.75) is 255 Å². The zero-order valence-corrected chi connectivity index (χ0v) is 50.9. The molecule has 0 spiro atoms. The molecule has 1 saturated heterocycles. The van der Waals surface area contributed by atoms with E-state index in [1.165, 1.54) is 197 Å². The third-order valence-corrected chi connectivity index (χ3v) is 16.5. The summed E-state index contributed by atoms with van der Waals surface area (Å²) in [6.45, 7) is 6.50. The van der Waals surface area contributed by atoms with Crippen LogP contribution in [0.1, 0.15) is 242 Å². The first-order valence-corrected chi connectivity index (χ1v) is 32.4. The van der Waals surface area contributed by atoms with E-state index in [9.17, 15) is 14.7 Å². The van der Waals surface area contributed by atoms with Crippen LogP contribution in [0.5, 0.6) is 11.5 Å². The standard InChI is InChI=1S/C69H109N3O9/c1-5-7-9-11-13-15-17-19-21-23-25-27-29-31-33-38-52-78-55-62(79-53-39-34-32-30-28-26-24-22-20-18-16-14-12-10-8-6-2)54-70-65-66(74)63(81-67(65)72-51-50-64(73)71-68(72)75)56-80-69(57-40-36-35-37-41-57,58-42-46-60(76-3)47-43-58)59-44-48-61(77-4)49-45-59/h35-37,40-51,62-63,65-67,70,74H,5-34,38-39,52-56H2,1-4H3,(H,71,73,75)/t62?,63-,65-,66-,67-/m1/s1. The van der Waals surface area contributed by atoms with Crippen molar-refractivity contribution in [2.75, 3.05) is 47.2 Å². The van der Waals surface area contributed by atoms with Crippen LogP contribution in [-0.4, -0.2) is 86.2 Å². The number of nitrogens with one attached hydrogen (secondary N) is 2. The van der Waals surface area contributed by atoms with E-state index in [0.29, 0.717) is 37.9 Å². The first kappa shape index (κ1) is 67.5. The molecule has 0 saturated carbocycles. The fourth-order valence-electron chi connectivity index (χ4n) is 11.6. The van der Waals surface area contributed by atoms with Crippen LogP contribution in [-0.2, 0) is 24.5 Å². The average Bonchev–Trinajstić information content (AvgIpc) is 4.05. The SMILES string of the molecule is CCCCCCCCCCCCCCCCCCOCC(CN[C@@H]1[C@H](O)[C@@H](COC(c2ccccc2)(c2ccc(OC)cc2)c2ccc(OC)cc2)O[C@H]1n1ccc(=O)[nH]c1=O)OCCCCCCCCCCCCCCCCCC. The molecule has 2 heterocycles. The lowest BCUT2D eigenvalue weighted by molar-refractivity contribution is -0.0947. The molecule has 454 valence electrons. The van der Waals surface area contributed by atoms with Crippen molar-refractivity contribution in [3.63, 3.8) is 0 Å². The van der Waals surface area contributed by atoms with E-state index in [-0.39, 0.29) is 12.7 Å². The van der Waals surface area contributed by atoms with Crippen molar-refractivity contribution in [3.05, 3.63) is 129 Å². The maximum atomic E-state index is 13.5. The van der Waals surface area contributed by atoms with Crippen LogP contribution in [0.2, 0.25) is 0 Å². The topological polar surface area (TPSA) is 142 Å². The largest absolute Gasteiger partial charge is 0.497 e. The molecule has 1 unspecified atom stereocenters. The summed E-state index contributed by atoms with van der Waals surface area (Å²) < 4.78 is 39.3. The summed E-state index contributed by atoms with van der Waals surface area (Å²) in [6, 6.07) is 26.0. The fraction of sp³-hybridized carbons (Fsp3) is 0.681. The Kier molecular flexibility index (Phi) is 34.7. The monoisotopic (exact) mass is 1120 g/mol. The quantitative estimate of drug-likeness (QED) is 0.0289. The highest BCUT2D eigenvalue weighted by atomic mass is 16.6. The number of hydrogen-bond acceptors (Lipinski definition) is 10. The molecule has 0 radical (unpaired) electrons. The number of H-pyrrole nitrogens is 1. The molecule has 1 aliphatic rings. The predicted molar refractivity (Wildman–Crippen MR) is 331 cm³/mol. The van der Waals surface area contributed by atoms with Crippen LogP contribution in [0.15, 0.2) is 101 Å². The second-order valence-electron chi connectivity index (χ2n) is 23.0. The highest BCUT2D eigenvalue weighted by Crippen LogP contribution is 2.43. The normalized spacial score (nSPS) is 16.8. The van der Waals surface area contributed by atoms with Crippen LogP contribution in [0.25, 0.3) is 0 Å². The Morgan fingerprint density at radius 2 is 0.975 bits per heavy atom. The molecule has 12 heteroatoms. The van der Waals surface area contributed by atoms with Gasteiger partial charge in [0.1, 0.15) is 29.3 Å². The van der Waals surface area contributed by atoms with Gasteiger partial charge in [0.15, 0.2) is 6.23 Å². The van der Waals surface area contributed by atoms with Gasteiger partial charge in [-0.15, -0.1) is 0 Å². The van der Waals surface area contributed by atoms with Gasteiger partial charge in [-0.2, -0.15) is 0 Å². The molecule has 5 rings (SSSR count). The first-order valence-electron chi connectivity index (χ1n) is 32.4. The zero-order chi connectivity index (χ0) is 57.4. The van der Waals surface area contributed by atoms with Crippen LogP contribution in [0, 0.1) is 0 Å². The van der Waals surface area contributed by atoms with E-state index >= 15 is 0 Å². The average molecular weight is 1120 g/mol. The van der Waals surface area contributed by atoms with E-state index in [2.05, 4.69) is 24.1 Å². The number of unbranched alkanes of at least 4 members (excludes halogenated alkanes) is 30. The van der Waals surface area contributed by atoms with Gasteiger partial charge >= 0.3 is 5.69 Å². The minimum absolute atomic E-state index is 0.0670. The van der Waals surface area contributed by atoms with Gasteiger partial charge < -0.3 is 38.8 Å². The number of aromatic amines is 1. The molecule has 0 amide bonds. The van der Waals surface area contributed by atoms with E-state index in [0.717, 1.165) is 42.4 Å². The van der Waals surface area contributed by atoms with Crippen molar-refractivity contribution in [2.24, 2.45) is 0 Å². The molecule has 0 bridgehead atoms. The van der Waals surface area contributed by atoms with Gasteiger partial charge in [-0.25, -0.2) is 4.79 Å². The molecule has 3 aromatic carbocycles. The molecule has 5 atom stereocenters. The molecule has 1 aliphatic heterocycles. The number of benzene rings is 3. The van der Waals surface area contributed by atoms with Crippen LogP contribution in [0.3, 0.4) is 0 Å². The molecular weight excluding hydrogens is 1010 g/mol. The van der Waals surface area contributed by atoms with E-state index in [4.69, 9.17) is 28.4 Å². The lowest BCUT2D eigenvalue weighted by Gasteiger charge is -2.37. The summed E-state index contributed by atoms with van der Waals surface area (Å²) in [5.41, 5.74) is 0.197. The van der Waals surface area contributed by atoms with Crippen molar-refractivity contribution in [3.8, 4) is 11.5 Å². The van der Waals surface area contributed by atoms with Gasteiger partial charge in [0.05, 0.1) is 39.6 Å². The lowest BCUT2D eigenvalue weighted by atomic mass is 9.80. The number of methoxy groups -OCH3 is 2. The van der Waals surface area contributed by atoms with Crippen LogP contribution >= 0.6 is 0 Å². The van der Waals surface area contributed by atoms with Gasteiger partial charge in [0.25, 0.3) is 5.56 Å². The predicted octanol–water partition coefficient (Wildman–Crippen LogP) is 15.7. The van der Waals surface area contributed by atoms with Crippen LogP contribution in [0.4, 0.5) is 0 Å². The lowest BCUT2D eigenvalue weighted by Crippen LogP contribution is -2.49. The molecule has 0 aliphatic carbocycles. The number of aliphatic hydroxyl groups is 1. The Morgan fingerprint density at radius 3 is 1.41 bits per heavy atom. The smallest absolute Gasteiger partial charge is 0.330 e. The molecular formula is C69H109N3O9. The zero-order valence-electron chi connectivity index (χ0n) is 50.9. The van der Waals surface area contributed by atoms with Crippen LogP contribution < -0.4 is 26.0 Å². The number of hydrogen-bond donors (Lipinski definition) is 3. The molecule has 3 N–H and O–H groups in total. The van der Waals surface area contributed by atoms with Gasteiger partial charge in [-0.3, -0.25) is 14.3 Å². The maximum Gasteiger partial charge on any atom is 0.330 e. The Labute approximate surface area is 489 Å². The van der Waals surface area contributed by atoms with Gasteiger partial charge in [0.2, 0.25) is 0 Å². The van der Waals surface area contributed by atoms with Gasteiger partial charge in [-0.1, -0.05) is 261 Å². The summed E-state index contributed by atoms with van der Waals surface area (Å²) in [6.07, 6.45) is 40.2. The van der Waals surface area contributed by atoms with Gasteiger partial charge in [0, 0.05) is 32.0 Å². The highest BCUT2D eigenvalue weighted by molar-refractivity contribution is 5.49. The van der Waals surface area contributed by atoms with E-state index < -0.39 is 41.3 Å². The van der Waals surface area contributed by atoms with Crippen molar-refractivity contribution in [1.82, 2.24) is 14.9 Å². The van der Waals surface area contributed by atoms with Crippen molar-refractivity contribution >= 4 is 0 Å². The Bertz CT molecular complexity index is 2220. The number of aromatic nitrogens is 2. The van der Waals surface area contributed by atoms with Gasteiger partial charge in [-0.05, 0) is 53.8 Å². The number of nitrogens with zero attached hydrogens (tertiary/aromatic N) is 1. The number of rotatable bonds is 49. The number of ether oxygens (including phenoxy) is 6. The summed E-state index contributed by atoms with van der Waals surface area (Å²) in [5, 5.41) is 16.0. The maximum absolute atomic E-state index is 13.5. The van der Waals surface area contributed by atoms with Crippen molar-refractivity contribution < 1.29 is 33.5 Å². The second-order valence-corrected chi connectivity index (χ2v) is 23.0. The van der Waals surface area contributed by atoms with Crippen molar-refractivity contribution in [1.29, 1.82) is 0 Å². The minimum Gasteiger partial charge on any atom is -0.497 e. The first-order chi connectivity index (χ1) is 39.8. The highest BCUT2D eigenvalue weighted by Gasteiger charge is 2.47. The molecule has 81 heavy (non-hydrogen) atoms. The molecule has 4 aromatic rings. The summed E-state index contributed by atoms with van der Waals surface area (Å²) in [5.74, 6) is 1.40. The Balaban J connectivity index is 1.19. The van der Waals surface area contributed by atoms with E-state index in [1.807, 2.05) is 78.9 Å². The van der Waals surface area contributed by atoms with E-state index in [1.54, 1.807) is 14.2 Å². The summed E-state index contributed by atoms with van der Waals surface area (Å²) in [4.78, 5) is 28.2. The molecule has 1 fully saturated rings. The summed E-state index contributed by atoms with van der Waals surface area (Å²) in [7, 11) is 3.28. The molecule has 12 nitrogen and oxygen atoms in total. The second kappa shape index (κ2) is 41.7. The third kappa shape index (κ3) is 24.8. The number of aliphatic hydroxyl groups excluding tert-OH is 1. The molecule has 1 aromatic heterocycles. The summed E-state index contributed by atoms with van der Waals surface area (Å²) >= 11 is 0. The fourth-order valence-corrected chi connectivity index (χ4v) is 11.6.